The third-order valence-corrected chi connectivity index (χ3v) is 6.80. The van der Waals surface area contributed by atoms with Crippen LogP contribution >= 0.6 is 11.3 Å². The second kappa shape index (κ2) is 12.3. The summed E-state index contributed by atoms with van der Waals surface area (Å²) in [6.07, 6.45) is 5.24. The van der Waals surface area contributed by atoms with E-state index in [2.05, 4.69) is 55.6 Å². The molecular formula is C30H32N2O2S. The molecule has 0 radical (unpaired) electrons. The topological polar surface area (TPSA) is 51.2 Å². The molecule has 35 heavy (non-hydrogen) atoms. The number of carbonyl (C=O) groups is 1. The Balaban J connectivity index is 1.49. The molecule has 0 fully saturated rings. The zero-order valence-electron chi connectivity index (χ0n) is 20.4. The van der Waals surface area contributed by atoms with Gasteiger partial charge < -0.3 is 4.74 Å². The van der Waals surface area contributed by atoms with E-state index in [9.17, 15) is 4.79 Å². The fourth-order valence-corrected chi connectivity index (χ4v) is 5.00. The van der Waals surface area contributed by atoms with E-state index >= 15 is 0 Å². The third kappa shape index (κ3) is 6.58. The second-order valence-electron chi connectivity index (χ2n) is 8.52. The van der Waals surface area contributed by atoms with Crippen molar-refractivity contribution in [3.63, 3.8) is 0 Å². The van der Waals surface area contributed by atoms with Gasteiger partial charge in [-0.3, -0.25) is 10.1 Å². The van der Waals surface area contributed by atoms with E-state index in [1.807, 2.05) is 30.3 Å². The van der Waals surface area contributed by atoms with Crippen LogP contribution in [0.15, 0.2) is 78.9 Å². The predicted molar refractivity (Wildman–Crippen MR) is 146 cm³/mol. The predicted octanol–water partition coefficient (Wildman–Crippen LogP) is 8.25. The summed E-state index contributed by atoms with van der Waals surface area (Å²) in [7, 11) is 0. The SMILES string of the molecule is CCCCCOc1cccc(C(=O)Nc2nc(-c3ccc(-c4ccccc4)cc3)c(CCC)s2)c1. The average Bonchev–Trinajstić information content (AvgIpc) is 3.29. The minimum atomic E-state index is -0.174. The number of anilines is 1. The molecule has 0 aliphatic heterocycles. The van der Waals surface area contributed by atoms with Gasteiger partial charge in [0.05, 0.1) is 12.3 Å². The van der Waals surface area contributed by atoms with E-state index in [1.165, 1.54) is 16.0 Å². The van der Waals surface area contributed by atoms with Gasteiger partial charge in [-0.15, -0.1) is 11.3 Å². The molecule has 1 aromatic heterocycles. The van der Waals surface area contributed by atoms with E-state index < -0.39 is 0 Å². The molecule has 1 N–H and O–H groups in total. The highest BCUT2D eigenvalue weighted by atomic mass is 32.1. The number of rotatable bonds is 11. The van der Waals surface area contributed by atoms with E-state index in [0.717, 1.165) is 49.1 Å². The summed E-state index contributed by atoms with van der Waals surface area (Å²) in [5.41, 5.74) is 4.94. The van der Waals surface area contributed by atoms with Gasteiger partial charge in [0.25, 0.3) is 5.91 Å². The molecule has 180 valence electrons. The third-order valence-electron chi connectivity index (χ3n) is 5.77. The first-order valence-electron chi connectivity index (χ1n) is 12.4. The maximum Gasteiger partial charge on any atom is 0.257 e. The molecule has 0 unspecified atom stereocenters. The molecule has 0 saturated carbocycles. The lowest BCUT2D eigenvalue weighted by atomic mass is 10.0. The van der Waals surface area contributed by atoms with Gasteiger partial charge in [-0.05, 0) is 42.2 Å². The van der Waals surface area contributed by atoms with Crippen LogP contribution in [0, 0.1) is 0 Å². The Morgan fingerprint density at radius 3 is 2.34 bits per heavy atom. The van der Waals surface area contributed by atoms with Crippen LogP contribution in [0.2, 0.25) is 0 Å². The van der Waals surface area contributed by atoms with E-state index in [0.29, 0.717) is 17.3 Å². The summed E-state index contributed by atoms with van der Waals surface area (Å²) in [4.78, 5) is 19.0. The number of amides is 1. The molecule has 1 amide bonds. The summed E-state index contributed by atoms with van der Waals surface area (Å²) in [6, 6.07) is 26.2. The second-order valence-corrected chi connectivity index (χ2v) is 9.61. The molecule has 0 aliphatic carbocycles. The summed E-state index contributed by atoms with van der Waals surface area (Å²) in [6.45, 7) is 4.99. The van der Waals surface area contributed by atoms with Crippen molar-refractivity contribution in [3.8, 4) is 28.1 Å². The lowest BCUT2D eigenvalue weighted by molar-refractivity contribution is 0.102. The Morgan fingerprint density at radius 1 is 0.857 bits per heavy atom. The average molecular weight is 485 g/mol. The largest absolute Gasteiger partial charge is 0.494 e. The first-order valence-corrected chi connectivity index (χ1v) is 13.2. The molecule has 4 rings (SSSR count). The molecule has 0 spiro atoms. The lowest BCUT2D eigenvalue weighted by Crippen LogP contribution is -2.11. The number of hydrogen-bond acceptors (Lipinski definition) is 4. The first kappa shape index (κ1) is 24.7. The van der Waals surface area contributed by atoms with Crippen molar-refractivity contribution < 1.29 is 9.53 Å². The molecular weight excluding hydrogens is 452 g/mol. The molecule has 3 aromatic carbocycles. The van der Waals surface area contributed by atoms with Crippen LogP contribution in [-0.4, -0.2) is 17.5 Å². The minimum Gasteiger partial charge on any atom is -0.494 e. The Hall–Kier alpha value is -3.44. The van der Waals surface area contributed by atoms with Crippen LogP contribution in [0.5, 0.6) is 5.75 Å². The van der Waals surface area contributed by atoms with Gasteiger partial charge in [-0.1, -0.05) is 93.8 Å². The van der Waals surface area contributed by atoms with Crippen molar-refractivity contribution in [2.24, 2.45) is 0 Å². The Bertz CT molecular complexity index is 1230. The summed E-state index contributed by atoms with van der Waals surface area (Å²) < 4.78 is 5.81. The molecule has 0 aliphatic rings. The molecule has 4 nitrogen and oxygen atoms in total. The number of nitrogens with zero attached hydrogens (tertiary/aromatic N) is 1. The zero-order valence-corrected chi connectivity index (χ0v) is 21.2. The number of nitrogens with one attached hydrogen (secondary N) is 1. The van der Waals surface area contributed by atoms with Gasteiger partial charge >= 0.3 is 0 Å². The van der Waals surface area contributed by atoms with Crippen LogP contribution in [0.4, 0.5) is 5.13 Å². The normalized spacial score (nSPS) is 10.8. The number of unbranched alkanes of at least 4 members (excludes halogenated alkanes) is 2. The van der Waals surface area contributed by atoms with Crippen molar-refractivity contribution in [1.29, 1.82) is 0 Å². The Morgan fingerprint density at radius 2 is 1.60 bits per heavy atom. The van der Waals surface area contributed by atoms with Crippen molar-refractivity contribution in [2.45, 2.75) is 46.0 Å². The number of benzene rings is 3. The van der Waals surface area contributed by atoms with E-state index in [4.69, 9.17) is 9.72 Å². The summed E-state index contributed by atoms with van der Waals surface area (Å²) in [5.74, 6) is 0.547. The molecule has 0 bridgehead atoms. The maximum absolute atomic E-state index is 13.0. The Kier molecular flexibility index (Phi) is 8.68. The van der Waals surface area contributed by atoms with Gasteiger partial charge in [-0.2, -0.15) is 0 Å². The van der Waals surface area contributed by atoms with Crippen molar-refractivity contribution in [2.75, 3.05) is 11.9 Å². The first-order chi connectivity index (χ1) is 17.2. The fraction of sp³-hybridized carbons (Fsp3) is 0.267. The Labute approximate surface area is 212 Å². The number of aryl methyl sites for hydroxylation is 1. The summed E-state index contributed by atoms with van der Waals surface area (Å²) in [5, 5.41) is 3.62. The smallest absolute Gasteiger partial charge is 0.257 e. The van der Waals surface area contributed by atoms with Crippen LogP contribution in [0.1, 0.15) is 54.8 Å². The standard InChI is InChI=1S/C30H32N2O2S/c1-3-5-9-20-34-26-15-10-14-25(21-26)29(33)32-30-31-28(27(35-30)11-4-2)24-18-16-23(17-19-24)22-12-7-6-8-13-22/h6-8,10,12-19,21H,3-5,9,11,20H2,1-2H3,(H,31,32,33). The van der Waals surface area contributed by atoms with Crippen LogP contribution in [0.25, 0.3) is 22.4 Å². The van der Waals surface area contributed by atoms with Crippen LogP contribution < -0.4 is 10.1 Å². The van der Waals surface area contributed by atoms with Gasteiger partial charge in [0.15, 0.2) is 5.13 Å². The van der Waals surface area contributed by atoms with Crippen molar-refractivity contribution >= 4 is 22.4 Å². The number of ether oxygens (including phenoxy) is 1. The highest BCUT2D eigenvalue weighted by Gasteiger charge is 2.16. The van der Waals surface area contributed by atoms with E-state index in [1.54, 1.807) is 23.5 Å². The number of carbonyl (C=O) groups excluding carboxylic acids is 1. The lowest BCUT2D eigenvalue weighted by Gasteiger charge is -2.07. The quantitative estimate of drug-likeness (QED) is 0.218. The molecule has 0 saturated heterocycles. The minimum absolute atomic E-state index is 0.174. The highest BCUT2D eigenvalue weighted by molar-refractivity contribution is 7.16. The van der Waals surface area contributed by atoms with Gasteiger partial charge in [0, 0.05) is 16.0 Å². The van der Waals surface area contributed by atoms with Gasteiger partial charge in [0.1, 0.15) is 5.75 Å². The van der Waals surface area contributed by atoms with Gasteiger partial charge in [-0.25, -0.2) is 4.98 Å². The number of hydrogen-bond donors (Lipinski definition) is 1. The maximum atomic E-state index is 13.0. The molecule has 0 atom stereocenters. The van der Waals surface area contributed by atoms with Crippen molar-refractivity contribution in [1.82, 2.24) is 4.98 Å². The van der Waals surface area contributed by atoms with E-state index in [-0.39, 0.29) is 5.91 Å². The van der Waals surface area contributed by atoms with Crippen LogP contribution in [0.3, 0.4) is 0 Å². The van der Waals surface area contributed by atoms with Crippen molar-refractivity contribution in [3.05, 3.63) is 89.3 Å². The molecule has 1 heterocycles. The fourth-order valence-electron chi connectivity index (χ4n) is 3.92. The number of aromatic nitrogens is 1. The number of thiazole rings is 1. The molecule has 4 aromatic rings. The summed E-state index contributed by atoms with van der Waals surface area (Å²) >= 11 is 1.55. The zero-order chi connectivity index (χ0) is 24.5. The highest BCUT2D eigenvalue weighted by Crippen LogP contribution is 2.33. The van der Waals surface area contributed by atoms with Crippen LogP contribution in [-0.2, 0) is 6.42 Å². The van der Waals surface area contributed by atoms with Gasteiger partial charge in [0.2, 0.25) is 0 Å². The monoisotopic (exact) mass is 484 g/mol. The molecule has 5 heteroatoms.